The molecule has 0 aromatic carbocycles. The Bertz CT molecular complexity index is 257. The van der Waals surface area contributed by atoms with Gasteiger partial charge in [0.25, 0.3) is 0 Å². The Morgan fingerprint density at radius 1 is 1.60 bits per heavy atom. The van der Waals surface area contributed by atoms with Crippen LogP contribution < -0.4 is 0 Å². The Labute approximate surface area is 94.0 Å². The van der Waals surface area contributed by atoms with Crippen LogP contribution in [0.15, 0.2) is 0 Å². The number of rotatable bonds is 4. The van der Waals surface area contributed by atoms with Crippen LogP contribution in [0.3, 0.4) is 0 Å². The van der Waals surface area contributed by atoms with Crippen molar-refractivity contribution in [2.24, 2.45) is 0 Å². The molecular weight excluding hydrogens is 214 g/mol. The predicted octanol–water partition coefficient (Wildman–Crippen LogP) is 1.20. The number of amides is 1. The van der Waals surface area contributed by atoms with Gasteiger partial charge in [0.2, 0.25) is 5.91 Å². The molecule has 15 heavy (non-hydrogen) atoms. The molecule has 1 aliphatic rings. The molecular formula is C10H17NO3S. The van der Waals surface area contributed by atoms with Crippen LogP contribution >= 0.6 is 11.8 Å². The van der Waals surface area contributed by atoms with Crippen LogP contribution in [0.25, 0.3) is 0 Å². The van der Waals surface area contributed by atoms with Gasteiger partial charge in [0, 0.05) is 12.6 Å². The van der Waals surface area contributed by atoms with Gasteiger partial charge in [-0.05, 0) is 26.0 Å². The minimum Gasteiger partial charge on any atom is -0.481 e. The van der Waals surface area contributed by atoms with Gasteiger partial charge in [-0.15, -0.1) is 0 Å². The zero-order valence-electron chi connectivity index (χ0n) is 9.10. The second-order valence-corrected chi connectivity index (χ2v) is 4.98. The van der Waals surface area contributed by atoms with E-state index in [0.29, 0.717) is 6.54 Å². The number of likely N-dealkylation sites (tertiary alicyclic amines) is 1. The molecule has 0 aromatic heterocycles. The van der Waals surface area contributed by atoms with E-state index < -0.39 is 5.97 Å². The Hall–Kier alpha value is -0.710. The second-order valence-electron chi connectivity index (χ2n) is 3.80. The average Bonchev–Trinajstić information content (AvgIpc) is 2.62. The molecule has 4 nitrogen and oxygen atoms in total. The minimum absolute atomic E-state index is 0.0700. The third kappa shape index (κ3) is 3.12. The van der Waals surface area contributed by atoms with E-state index in [1.54, 1.807) is 4.90 Å². The number of carbonyl (C=O) groups is 2. The Morgan fingerprint density at radius 3 is 2.80 bits per heavy atom. The summed E-state index contributed by atoms with van der Waals surface area (Å²) in [6.07, 6.45) is 3.71. The summed E-state index contributed by atoms with van der Waals surface area (Å²) in [6, 6.07) is -0.0930. The van der Waals surface area contributed by atoms with Crippen molar-refractivity contribution in [1.82, 2.24) is 4.90 Å². The van der Waals surface area contributed by atoms with Crippen LogP contribution in [0.4, 0.5) is 0 Å². The molecule has 1 saturated heterocycles. The van der Waals surface area contributed by atoms with Gasteiger partial charge in [-0.25, -0.2) is 0 Å². The lowest BCUT2D eigenvalue weighted by Gasteiger charge is -2.25. The predicted molar refractivity (Wildman–Crippen MR) is 60.0 cm³/mol. The summed E-state index contributed by atoms with van der Waals surface area (Å²) in [7, 11) is 0. The van der Waals surface area contributed by atoms with Gasteiger partial charge in [-0.3, -0.25) is 9.59 Å². The van der Waals surface area contributed by atoms with E-state index in [4.69, 9.17) is 5.11 Å². The molecule has 1 amide bonds. The highest BCUT2D eigenvalue weighted by molar-refractivity contribution is 7.99. The van der Waals surface area contributed by atoms with E-state index in [2.05, 4.69) is 0 Å². The van der Waals surface area contributed by atoms with Gasteiger partial charge in [0.15, 0.2) is 0 Å². The molecule has 1 N–H and O–H groups in total. The van der Waals surface area contributed by atoms with Crippen molar-refractivity contribution in [3.63, 3.8) is 0 Å². The number of hydrogen-bond acceptors (Lipinski definition) is 3. The van der Waals surface area contributed by atoms with Crippen LogP contribution in [0.1, 0.15) is 26.2 Å². The van der Waals surface area contributed by atoms with Crippen molar-refractivity contribution in [2.45, 2.75) is 37.5 Å². The van der Waals surface area contributed by atoms with Gasteiger partial charge in [0.05, 0.1) is 11.7 Å². The molecule has 0 spiro atoms. The molecule has 0 bridgehead atoms. The van der Waals surface area contributed by atoms with Crippen molar-refractivity contribution in [3.8, 4) is 0 Å². The molecule has 86 valence electrons. The van der Waals surface area contributed by atoms with E-state index >= 15 is 0 Å². The largest absolute Gasteiger partial charge is 0.481 e. The lowest BCUT2D eigenvalue weighted by molar-refractivity contribution is -0.139. The van der Waals surface area contributed by atoms with Crippen LogP contribution in [0.2, 0.25) is 0 Å². The molecule has 0 aliphatic carbocycles. The van der Waals surface area contributed by atoms with Crippen LogP contribution in [0.5, 0.6) is 0 Å². The first kappa shape index (κ1) is 12.4. The number of thioether (sulfide) groups is 1. The standard InChI is InChI=1S/C10H17NO3S/c1-7(15-2)10(14)11-5-3-4-8(11)6-9(12)13/h7-8H,3-6H2,1-2H3,(H,12,13). The van der Waals surface area contributed by atoms with Gasteiger partial charge < -0.3 is 10.0 Å². The molecule has 1 rings (SSSR count). The lowest BCUT2D eigenvalue weighted by atomic mass is 10.1. The summed E-state index contributed by atoms with van der Waals surface area (Å²) in [4.78, 5) is 24.2. The zero-order valence-corrected chi connectivity index (χ0v) is 9.92. The summed E-state index contributed by atoms with van der Waals surface area (Å²) in [5.74, 6) is -0.747. The molecule has 2 unspecified atom stereocenters. The Morgan fingerprint density at radius 2 is 2.27 bits per heavy atom. The average molecular weight is 231 g/mol. The highest BCUT2D eigenvalue weighted by Crippen LogP contribution is 2.23. The van der Waals surface area contributed by atoms with E-state index in [0.717, 1.165) is 12.8 Å². The molecule has 0 saturated carbocycles. The van der Waals surface area contributed by atoms with Crippen molar-refractivity contribution in [3.05, 3.63) is 0 Å². The van der Waals surface area contributed by atoms with E-state index in [1.807, 2.05) is 13.2 Å². The summed E-state index contributed by atoms with van der Waals surface area (Å²) in [5.41, 5.74) is 0. The summed E-state index contributed by atoms with van der Waals surface area (Å²) >= 11 is 1.50. The SMILES string of the molecule is CSC(C)C(=O)N1CCCC1CC(=O)O. The van der Waals surface area contributed by atoms with E-state index in [9.17, 15) is 9.59 Å². The van der Waals surface area contributed by atoms with Crippen LogP contribution in [-0.4, -0.2) is 46.0 Å². The third-order valence-electron chi connectivity index (χ3n) is 2.77. The quantitative estimate of drug-likeness (QED) is 0.790. The van der Waals surface area contributed by atoms with Gasteiger partial charge in [-0.2, -0.15) is 11.8 Å². The lowest BCUT2D eigenvalue weighted by Crippen LogP contribution is -2.40. The zero-order chi connectivity index (χ0) is 11.4. The maximum absolute atomic E-state index is 11.9. The fourth-order valence-electron chi connectivity index (χ4n) is 1.87. The number of aliphatic carboxylic acids is 1. The van der Waals surface area contributed by atoms with E-state index in [-0.39, 0.29) is 23.6 Å². The maximum atomic E-state index is 11.9. The fraction of sp³-hybridized carbons (Fsp3) is 0.800. The first-order valence-corrected chi connectivity index (χ1v) is 6.40. The second kappa shape index (κ2) is 5.39. The van der Waals surface area contributed by atoms with Gasteiger partial charge in [-0.1, -0.05) is 0 Å². The smallest absolute Gasteiger partial charge is 0.305 e. The topological polar surface area (TPSA) is 57.6 Å². The van der Waals surface area contributed by atoms with Crippen LogP contribution in [-0.2, 0) is 9.59 Å². The Balaban J connectivity index is 2.59. The molecule has 1 heterocycles. The highest BCUT2D eigenvalue weighted by Gasteiger charge is 2.32. The monoisotopic (exact) mass is 231 g/mol. The normalized spacial score (nSPS) is 22.8. The van der Waals surface area contributed by atoms with Gasteiger partial charge >= 0.3 is 5.97 Å². The number of nitrogens with zero attached hydrogens (tertiary/aromatic N) is 1. The molecule has 0 aromatic rings. The first-order valence-electron chi connectivity index (χ1n) is 5.11. The summed E-state index contributed by atoms with van der Waals surface area (Å²) < 4.78 is 0. The molecule has 1 fully saturated rings. The summed E-state index contributed by atoms with van der Waals surface area (Å²) in [5, 5.41) is 8.66. The summed E-state index contributed by atoms with van der Waals surface area (Å²) in [6.45, 7) is 2.57. The van der Waals surface area contributed by atoms with Crippen molar-refractivity contribution in [2.75, 3.05) is 12.8 Å². The number of carboxylic acid groups (broad SMARTS) is 1. The maximum Gasteiger partial charge on any atom is 0.305 e. The van der Waals surface area contributed by atoms with Crippen molar-refractivity contribution < 1.29 is 14.7 Å². The number of carbonyl (C=O) groups excluding carboxylic acids is 1. The van der Waals surface area contributed by atoms with Crippen molar-refractivity contribution >= 4 is 23.6 Å². The number of hydrogen-bond donors (Lipinski definition) is 1. The van der Waals surface area contributed by atoms with Gasteiger partial charge in [0.1, 0.15) is 0 Å². The number of carboxylic acids is 1. The molecule has 0 radical (unpaired) electrons. The molecule has 1 aliphatic heterocycles. The van der Waals surface area contributed by atoms with Crippen LogP contribution in [0, 0.1) is 0 Å². The molecule has 5 heteroatoms. The Kier molecular flexibility index (Phi) is 4.45. The van der Waals surface area contributed by atoms with E-state index in [1.165, 1.54) is 11.8 Å². The first-order chi connectivity index (χ1) is 7.06. The fourth-order valence-corrected chi connectivity index (χ4v) is 2.21. The van der Waals surface area contributed by atoms with Crippen molar-refractivity contribution in [1.29, 1.82) is 0 Å². The highest BCUT2D eigenvalue weighted by atomic mass is 32.2. The molecule has 2 atom stereocenters. The third-order valence-corrected chi connectivity index (χ3v) is 3.68. The minimum atomic E-state index is -0.823.